The van der Waals surface area contributed by atoms with E-state index in [2.05, 4.69) is 35.7 Å². The van der Waals surface area contributed by atoms with Gasteiger partial charge >= 0.3 is 0 Å². The maximum absolute atomic E-state index is 12.5. The highest BCUT2D eigenvalue weighted by Gasteiger charge is 2.11. The van der Waals surface area contributed by atoms with Crippen LogP contribution in [0.25, 0.3) is 0 Å². The van der Waals surface area contributed by atoms with Crippen molar-refractivity contribution < 1.29 is 13.2 Å². The number of nitrogens with zero attached hydrogens (tertiary/aromatic N) is 1. The molecule has 0 fully saturated rings. The zero-order chi connectivity index (χ0) is 21.4. The van der Waals surface area contributed by atoms with E-state index in [9.17, 15) is 13.2 Å². The number of hydrogen-bond acceptors (Lipinski definition) is 4. The summed E-state index contributed by atoms with van der Waals surface area (Å²) in [7, 11) is -3.32. The third-order valence-corrected chi connectivity index (χ3v) is 6.12. The van der Waals surface area contributed by atoms with Crippen LogP contribution in [0.2, 0.25) is 0 Å². The van der Waals surface area contributed by atoms with Gasteiger partial charge in [0.15, 0.2) is 0 Å². The fraction of sp³-hybridized carbons (Fsp3) is 0.409. The number of anilines is 2. The van der Waals surface area contributed by atoms with E-state index in [0.717, 1.165) is 13.1 Å². The van der Waals surface area contributed by atoms with Crippen molar-refractivity contribution in [3.8, 4) is 0 Å². The molecule has 1 amide bonds. The zero-order valence-electron chi connectivity index (χ0n) is 17.6. The van der Waals surface area contributed by atoms with Crippen molar-refractivity contribution in [1.29, 1.82) is 0 Å². The molecule has 6 nitrogen and oxygen atoms in total. The molecule has 2 aromatic rings. The molecule has 158 valence electrons. The molecule has 2 rings (SSSR count). The fourth-order valence-corrected chi connectivity index (χ4v) is 4.11. The zero-order valence-corrected chi connectivity index (χ0v) is 18.4. The molecule has 0 saturated carbocycles. The molecule has 0 unspecified atom stereocenters. The molecule has 0 spiro atoms. The van der Waals surface area contributed by atoms with E-state index in [0.29, 0.717) is 29.4 Å². The number of amides is 1. The minimum Gasteiger partial charge on any atom is -0.322 e. The van der Waals surface area contributed by atoms with Crippen molar-refractivity contribution in [3.63, 3.8) is 0 Å². The lowest BCUT2D eigenvalue weighted by molar-refractivity contribution is 0.102. The summed E-state index contributed by atoms with van der Waals surface area (Å²) >= 11 is 0. The average Bonchev–Trinajstić information content (AvgIpc) is 2.67. The lowest BCUT2D eigenvalue weighted by atomic mass is 10.1. The van der Waals surface area contributed by atoms with Gasteiger partial charge in [-0.25, -0.2) is 8.42 Å². The summed E-state index contributed by atoms with van der Waals surface area (Å²) in [6, 6.07) is 14.7. The predicted molar refractivity (Wildman–Crippen MR) is 120 cm³/mol. The normalized spacial score (nSPS) is 11.7. The Kier molecular flexibility index (Phi) is 8.22. The Balaban J connectivity index is 1.97. The van der Waals surface area contributed by atoms with E-state index in [4.69, 9.17) is 0 Å². The lowest BCUT2D eigenvalue weighted by Gasteiger charge is -2.24. The second-order valence-electron chi connectivity index (χ2n) is 7.31. The molecule has 0 radical (unpaired) electrons. The Labute approximate surface area is 174 Å². The van der Waals surface area contributed by atoms with E-state index in [1.165, 1.54) is 5.56 Å². The van der Waals surface area contributed by atoms with Crippen LogP contribution in [0, 0.1) is 0 Å². The number of carbonyl (C=O) groups excluding carboxylic acids is 1. The first kappa shape index (κ1) is 22.9. The lowest BCUT2D eigenvalue weighted by Crippen LogP contribution is -2.29. The van der Waals surface area contributed by atoms with E-state index >= 15 is 0 Å². The van der Waals surface area contributed by atoms with E-state index in [-0.39, 0.29) is 11.7 Å². The highest BCUT2D eigenvalue weighted by molar-refractivity contribution is 7.92. The number of nitrogens with one attached hydrogen (secondary N) is 2. The van der Waals surface area contributed by atoms with Crippen molar-refractivity contribution in [2.45, 2.75) is 46.7 Å². The van der Waals surface area contributed by atoms with Crippen molar-refractivity contribution in [1.82, 2.24) is 4.90 Å². The number of carbonyl (C=O) groups is 1. The summed E-state index contributed by atoms with van der Waals surface area (Å²) in [5.74, 6) is -0.124. The molecule has 0 aliphatic heterocycles. The summed E-state index contributed by atoms with van der Waals surface area (Å²) in [6.07, 6.45) is 0.552. The predicted octanol–water partition coefficient (Wildman–Crippen LogP) is 4.32. The molecule has 0 atom stereocenters. The van der Waals surface area contributed by atoms with Crippen molar-refractivity contribution in [2.24, 2.45) is 0 Å². The smallest absolute Gasteiger partial charge is 0.255 e. The van der Waals surface area contributed by atoms with Crippen molar-refractivity contribution >= 4 is 27.3 Å². The first-order valence-corrected chi connectivity index (χ1v) is 11.6. The molecule has 0 aromatic heterocycles. The van der Waals surface area contributed by atoms with Crippen LogP contribution in [0.5, 0.6) is 0 Å². The Hall–Kier alpha value is -2.38. The monoisotopic (exact) mass is 417 g/mol. The topological polar surface area (TPSA) is 78.5 Å². The summed E-state index contributed by atoms with van der Waals surface area (Å²) in [4.78, 5) is 14.8. The van der Waals surface area contributed by atoms with Gasteiger partial charge in [0, 0.05) is 29.5 Å². The molecule has 2 N–H and O–H groups in total. The van der Waals surface area contributed by atoms with E-state index < -0.39 is 10.0 Å². The fourth-order valence-electron chi connectivity index (χ4n) is 2.98. The van der Waals surface area contributed by atoms with E-state index in [1.54, 1.807) is 24.3 Å². The number of hydrogen-bond donors (Lipinski definition) is 2. The molecule has 0 aliphatic rings. The maximum atomic E-state index is 12.5. The molecule has 0 saturated heterocycles. The van der Waals surface area contributed by atoms with Crippen LogP contribution in [0.15, 0.2) is 48.5 Å². The maximum Gasteiger partial charge on any atom is 0.255 e. The highest BCUT2D eigenvalue weighted by atomic mass is 32.2. The number of sulfonamides is 1. The largest absolute Gasteiger partial charge is 0.322 e. The van der Waals surface area contributed by atoms with Gasteiger partial charge in [-0.05, 0) is 68.8 Å². The SMILES string of the molecule is CCCS(=O)(=O)Nc1ccc(NC(=O)c2ccc(CN(CC)C(C)C)cc2)cc1. The molecule has 0 aliphatic carbocycles. The third kappa shape index (κ3) is 7.18. The Bertz CT molecular complexity index is 892. The minimum absolute atomic E-state index is 0.0780. The highest BCUT2D eigenvalue weighted by Crippen LogP contribution is 2.17. The molecular weight excluding hydrogens is 386 g/mol. The summed E-state index contributed by atoms with van der Waals surface area (Å²) < 4.78 is 26.2. The summed E-state index contributed by atoms with van der Waals surface area (Å²) in [6.45, 7) is 10.1. The van der Waals surface area contributed by atoms with Crippen LogP contribution in [-0.2, 0) is 16.6 Å². The van der Waals surface area contributed by atoms with Crippen molar-refractivity contribution in [2.75, 3.05) is 22.3 Å². The van der Waals surface area contributed by atoms with Gasteiger partial charge in [-0.3, -0.25) is 14.4 Å². The van der Waals surface area contributed by atoms with Crippen LogP contribution in [0.3, 0.4) is 0 Å². The standard InChI is InChI=1S/C22H31N3O3S/c1-5-15-29(27,28)24-21-13-11-20(12-14-21)23-22(26)19-9-7-18(8-10-19)16-25(6-2)17(3)4/h7-14,17,24H,5-6,15-16H2,1-4H3,(H,23,26). The second-order valence-corrected chi connectivity index (χ2v) is 9.15. The Morgan fingerprint density at radius 1 is 0.966 bits per heavy atom. The first-order chi connectivity index (χ1) is 13.7. The van der Waals surface area contributed by atoms with Gasteiger partial charge < -0.3 is 5.32 Å². The van der Waals surface area contributed by atoms with Gasteiger partial charge in [-0.15, -0.1) is 0 Å². The Morgan fingerprint density at radius 2 is 1.55 bits per heavy atom. The Morgan fingerprint density at radius 3 is 2.07 bits per heavy atom. The molecular formula is C22H31N3O3S. The van der Waals surface area contributed by atoms with Gasteiger partial charge in [-0.2, -0.15) is 0 Å². The molecule has 0 heterocycles. The van der Waals surface area contributed by atoms with Gasteiger partial charge in [0.25, 0.3) is 5.91 Å². The quantitative estimate of drug-likeness (QED) is 0.603. The average molecular weight is 418 g/mol. The van der Waals surface area contributed by atoms with Crippen LogP contribution >= 0.6 is 0 Å². The van der Waals surface area contributed by atoms with Crippen LogP contribution < -0.4 is 10.0 Å². The third-order valence-electron chi connectivity index (χ3n) is 4.63. The number of benzene rings is 2. The van der Waals surface area contributed by atoms with Gasteiger partial charge in [-0.1, -0.05) is 26.0 Å². The van der Waals surface area contributed by atoms with Crippen LogP contribution in [0.1, 0.15) is 50.0 Å². The molecule has 29 heavy (non-hydrogen) atoms. The summed E-state index contributed by atoms with van der Waals surface area (Å²) in [5, 5.41) is 2.84. The second kappa shape index (κ2) is 10.4. The molecule has 0 bridgehead atoms. The van der Waals surface area contributed by atoms with Crippen LogP contribution in [-0.4, -0.2) is 37.6 Å². The van der Waals surface area contributed by atoms with Crippen molar-refractivity contribution in [3.05, 3.63) is 59.7 Å². The molecule has 2 aromatic carbocycles. The van der Waals surface area contributed by atoms with Crippen LogP contribution in [0.4, 0.5) is 11.4 Å². The van der Waals surface area contributed by atoms with Gasteiger partial charge in [0.05, 0.1) is 5.75 Å². The van der Waals surface area contributed by atoms with Gasteiger partial charge in [0.2, 0.25) is 10.0 Å². The molecule has 7 heteroatoms. The minimum atomic E-state index is -3.32. The first-order valence-electron chi connectivity index (χ1n) is 9.99. The number of rotatable bonds is 10. The summed E-state index contributed by atoms with van der Waals surface area (Å²) in [5.41, 5.74) is 2.83. The van der Waals surface area contributed by atoms with Gasteiger partial charge in [0.1, 0.15) is 0 Å². The van der Waals surface area contributed by atoms with E-state index in [1.807, 2.05) is 31.2 Å².